The highest BCUT2D eigenvalue weighted by molar-refractivity contribution is 6.13. The summed E-state index contributed by atoms with van der Waals surface area (Å²) in [4.78, 5) is 6.77. The number of ether oxygens (including phenoxy) is 1. The lowest BCUT2D eigenvalue weighted by molar-refractivity contribution is 0.122. The van der Waals surface area contributed by atoms with Crippen LogP contribution in [0.25, 0.3) is 11.3 Å². The second-order valence-electron chi connectivity index (χ2n) is 6.64. The van der Waals surface area contributed by atoms with E-state index in [2.05, 4.69) is 25.4 Å². The molecule has 0 bridgehead atoms. The maximum atomic E-state index is 14.3. The van der Waals surface area contributed by atoms with E-state index >= 15 is 0 Å². The van der Waals surface area contributed by atoms with Gasteiger partial charge in [0, 0.05) is 24.3 Å². The maximum absolute atomic E-state index is 14.3. The van der Waals surface area contributed by atoms with E-state index in [9.17, 15) is 8.78 Å². The molecule has 8 heteroatoms. The Balaban J connectivity index is 1.65. The van der Waals surface area contributed by atoms with Gasteiger partial charge in [0.25, 0.3) is 0 Å². The molecule has 5 rings (SSSR count). The number of amidine groups is 1. The molecule has 3 aromatic rings. The first-order chi connectivity index (χ1) is 13.7. The fraction of sp³-hybridized carbons (Fsp3) is 0.200. The monoisotopic (exact) mass is 381 g/mol. The molecule has 28 heavy (non-hydrogen) atoms. The summed E-state index contributed by atoms with van der Waals surface area (Å²) in [6.45, 7) is 2.98. The number of rotatable bonds is 2. The Morgan fingerprint density at radius 2 is 1.82 bits per heavy atom. The van der Waals surface area contributed by atoms with Gasteiger partial charge in [0.2, 0.25) is 0 Å². The van der Waals surface area contributed by atoms with Crippen molar-refractivity contribution in [3.8, 4) is 11.3 Å². The average Bonchev–Trinajstić information content (AvgIpc) is 3.11. The first-order valence-electron chi connectivity index (χ1n) is 9.01. The summed E-state index contributed by atoms with van der Waals surface area (Å²) < 4.78 is 34.1. The zero-order valence-corrected chi connectivity index (χ0v) is 14.9. The van der Waals surface area contributed by atoms with Crippen LogP contribution in [-0.2, 0) is 4.74 Å². The first-order valence-corrected chi connectivity index (χ1v) is 9.01. The summed E-state index contributed by atoms with van der Waals surface area (Å²) >= 11 is 0. The predicted octanol–water partition coefficient (Wildman–Crippen LogP) is 3.70. The number of H-pyrrole nitrogens is 1. The molecule has 6 nitrogen and oxygen atoms in total. The smallest absolute Gasteiger partial charge is 0.144 e. The van der Waals surface area contributed by atoms with Crippen LogP contribution in [0.2, 0.25) is 0 Å². The molecule has 1 saturated heterocycles. The predicted molar refractivity (Wildman–Crippen MR) is 103 cm³/mol. The van der Waals surface area contributed by atoms with Gasteiger partial charge in [-0.2, -0.15) is 5.10 Å². The summed E-state index contributed by atoms with van der Waals surface area (Å²) in [5.74, 6) is -1.24. The lowest BCUT2D eigenvalue weighted by atomic mass is 10.1. The molecule has 2 N–H and O–H groups in total. The highest BCUT2D eigenvalue weighted by atomic mass is 19.1. The Hall–Kier alpha value is -3.26. The Morgan fingerprint density at radius 1 is 1.04 bits per heavy atom. The molecular weight excluding hydrogens is 364 g/mol. The summed E-state index contributed by atoms with van der Waals surface area (Å²) in [6, 6.07) is 9.60. The fourth-order valence-electron chi connectivity index (χ4n) is 3.54. The van der Waals surface area contributed by atoms with E-state index in [1.165, 1.54) is 18.2 Å². The number of halogens is 2. The number of hydrogen-bond donors (Lipinski definition) is 2. The molecule has 0 atom stereocenters. The van der Waals surface area contributed by atoms with Gasteiger partial charge in [0.15, 0.2) is 0 Å². The highest BCUT2D eigenvalue weighted by Crippen LogP contribution is 2.39. The van der Waals surface area contributed by atoms with Crippen LogP contribution in [0.15, 0.2) is 47.6 Å². The minimum Gasteiger partial charge on any atom is -0.378 e. The third kappa shape index (κ3) is 2.82. The number of benzene rings is 2. The van der Waals surface area contributed by atoms with Crippen molar-refractivity contribution in [2.45, 2.75) is 0 Å². The summed E-state index contributed by atoms with van der Waals surface area (Å²) in [7, 11) is 0. The number of anilines is 2. The molecule has 0 aliphatic carbocycles. The molecule has 0 spiro atoms. The molecule has 2 aliphatic rings. The highest BCUT2D eigenvalue weighted by Gasteiger charge is 2.24. The Kier molecular flexibility index (Phi) is 4.05. The van der Waals surface area contributed by atoms with E-state index < -0.39 is 11.6 Å². The first kappa shape index (κ1) is 16.9. The number of aromatic amines is 1. The maximum Gasteiger partial charge on any atom is 0.144 e. The van der Waals surface area contributed by atoms with Crippen molar-refractivity contribution < 1.29 is 13.5 Å². The van der Waals surface area contributed by atoms with E-state index in [1.54, 1.807) is 6.20 Å². The average molecular weight is 381 g/mol. The van der Waals surface area contributed by atoms with Gasteiger partial charge < -0.3 is 15.0 Å². The van der Waals surface area contributed by atoms with Crippen molar-refractivity contribution in [3.05, 3.63) is 59.8 Å². The zero-order chi connectivity index (χ0) is 19.1. The molecule has 0 amide bonds. The fourth-order valence-corrected chi connectivity index (χ4v) is 3.54. The number of aromatic nitrogens is 2. The summed E-state index contributed by atoms with van der Waals surface area (Å²) in [5, 5.41) is 10.1. The third-order valence-corrected chi connectivity index (χ3v) is 4.95. The Bertz CT molecular complexity index is 1050. The minimum atomic E-state index is -0.676. The van der Waals surface area contributed by atoms with Gasteiger partial charge in [-0.05, 0) is 30.3 Å². The van der Waals surface area contributed by atoms with Crippen LogP contribution < -0.4 is 10.2 Å². The topological polar surface area (TPSA) is 65.5 Å². The van der Waals surface area contributed by atoms with Gasteiger partial charge >= 0.3 is 0 Å². The van der Waals surface area contributed by atoms with Crippen LogP contribution in [0.3, 0.4) is 0 Å². The largest absolute Gasteiger partial charge is 0.378 e. The van der Waals surface area contributed by atoms with E-state index in [-0.39, 0.29) is 11.4 Å². The Morgan fingerprint density at radius 3 is 2.61 bits per heavy atom. The number of fused-ring (bicyclic) bond motifs is 3. The van der Waals surface area contributed by atoms with E-state index in [0.29, 0.717) is 24.6 Å². The molecule has 3 heterocycles. The third-order valence-electron chi connectivity index (χ3n) is 4.95. The van der Waals surface area contributed by atoms with E-state index in [4.69, 9.17) is 4.74 Å². The quantitative estimate of drug-likeness (QED) is 0.711. The molecular formula is C20H17F2N5O. The number of nitrogens with zero attached hydrogens (tertiary/aromatic N) is 3. The second-order valence-corrected chi connectivity index (χ2v) is 6.64. The normalized spacial score (nSPS) is 15.9. The standard InChI is InChI=1S/C20H17F2N5O/c21-14-2-1-3-15(22)18(14)20-24-16-5-4-12(27-6-8-28-9-7-27)10-13(16)19-17(25-20)11-23-26-19/h1-5,10-11H,6-9H2,(H,23,26)(H,24,25). The minimum absolute atomic E-state index is 0.108. The molecule has 2 aromatic carbocycles. The van der Waals surface area contributed by atoms with Crippen LogP contribution in [0, 0.1) is 11.6 Å². The van der Waals surface area contributed by atoms with Gasteiger partial charge in [-0.25, -0.2) is 13.8 Å². The number of aliphatic imine (C=N–C) groups is 1. The van der Waals surface area contributed by atoms with Crippen molar-refractivity contribution in [1.82, 2.24) is 10.2 Å². The lowest BCUT2D eigenvalue weighted by Gasteiger charge is -2.29. The molecule has 0 radical (unpaired) electrons. The van der Waals surface area contributed by atoms with Crippen LogP contribution in [-0.4, -0.2) is 42.3 Å². The zero-order valence-electron chi connectivity index (χ0n) is 14.9. The van der Waals surface area contributed by atoms with Crippen LogP contribution in [0.4, 0.5) is 25.8 Å². The van der Waals surface area contributed by atoms with Crippen molar-refractivity contribution >= 4 is 22.9 Å². The molecule has 2 aliphatic heterocycles. The Labute approximate surface area is 159 Å². The summed E-state index contributed by atoms with van der Waals surface area (Å²) in [5.41, 5.74) is 3.60. The van der Waals surface area contributed by atoms with Gasteiger partial charge in [0.05, 0.1) is 42.0 Å². The van der Waals surface area contributed by atoms with Crippen molar-refractivity contribution in [2.24, 2.45) is 4.99 Å². The van der Waals surface area contributed by atoms with Crippen LogP contribution in [0.5, 0.6) is 0 Å². The van der Waals surface area contributed by atoms with Gasteiger partial charge in [-0.15, -0.1) is 0 Å². The molecule has 0 unspecified atom stereocenters. The van der Waals surface area contributed by atoms with Crippen LogP contribution in [0.1, 0.15) is 5.56 Å². The lowest BCUT2D eigenvalue weighted by Crippen LogP contribution is -2.36. The van der Waals surface area contributed by atoms with Crippen molar-refractivity contribution in [3.63, 3.8) is 0 Å². The second kappa shape index (κ2) is 6.72. The number of nitrogens with one attached hydrogen (secondary N) is 2. The SMILES string of the molecule is Fc1cccc(F)c1C1=Nc2ccc(N3CCOCC3)cc2-c2[nH]ncc2N1. The van der Waals surface area contributed by atoms with Gasteiger partial charge in [0.1, 0.15) is 17.5 Å². The van der Waals surface area contributed by atoms with E-state index in [1.807, 2.05) is 18.2 Å². The summed E-state index contributed by atoms with van der Waals surface area (Å²) in [6.07, 6.45) is 1.58. The number of hydrogen-bond acceptors (Lipinski definition) is 5. The van der Waals surface area contributed by atoms with Crippen molar-refractivity contribution in [1.29, 1.82) is 0 Å². The molecule has 0 saturated carbocycles. The molecule has 1 aromatic heterocycles. The van der Waals surface area contributed by atoms with Gasteiger partial charge in [-0.3, -0.25) is 5.10 Å². The number of morpholine rings is 1. The van der Waals surface area contributed by atoms with E-state index in [0.717, 1.165) is 30.0 Å². The molecule has 142 valence electrons. The van der Waals surface area contributed by atoms with Crippen molar-refractivity contribution in [2.75, 3.05) is 36.5 Å². The van der Waals surface area contributed by atoms with Crippen LogP contribution >= 0.6 is 0 Å². The molecule has 1 fully saturated rings. The van der Waals surface area contributed by atoms with Gasteiger partial charge in [-0.1, -0.05) is 6.07 Å².